The predicted molar refractivity (Wildman–Crippen MR) is 63.6 cm³/mol. The normalized spacial score (nSPS) is 10.9. The van der Waals surface area contributed by atoms with Crippen LogP contribution in [0.5, 0.6) is 0 Å². The third kappa shape index (κ3) is 13.8. The zero-order chi connectivity index (χ0) is 11.9. The van der Waals surface area contributed by atoms with Gasteiger partial charge in [0.05, 0.1) is 6.61 Å². The summed E-state index contributed by atoms with van der Waals surface area (Å²) >= 11 is 0. The largest absolute Gasteiger partial charge is 0.381 e. The van der Waals surface area contributed by atoms with Crippen LogP contribution in [0.15, 0.2) is 0 Å². The van der Waals surface area contributed by atoms with Crippen molar-refractivity contribution in [3.05, 3.63) is 0 Å². The molecule has 1 N–H and O–H groups in total. The lowest BCUT2D eigenvalue weighted by Gasteiger charge is -2.04. The van der Waals surface area contributed by atoms with Crippen LogP contribution in [-0.2, 0) is 14.4 Å². The molecule has 0 amide bonds. The van der Waals surface area contributed by atoms with E-state index >= 15 is 0 Å². The average molecular weight is 234 g/mol. The molecule has 0 aliphatic rings. The van der Waals surface area contributed by atoms with Crippen molar-refractivity contribution >= 4 is 0 Å². The van der Waals surface area contributed by atoms with Crippen molar-refractivity contribution in [2.45, 2.75) is 45.4 Å². The third-order valence-electron chi connectivity index (χ3n) is 2.20. The monoisotopic (exact) mass is 234 g/mol. The fourth-order valence-corrected chi connectivity index (χ4v) is 1.30. The quantitative estimate of drug-likeness (QED) is 0.302. The Hall–Kier alpha value is -0.160. The second-order valence-electron chi connectivity index (χ2n) is 3.83. The molecule has 0 saturated carbocycles. The highest BCUT2D eigenvalue weighted by Gasteiger charge is 1.92. The maximum absolute atomic E-state index is 8.08. The summed E-state index contributed by atoms with van der Waals surface area (Å²) in [6, 6.07) is 0. The molecule has 0 aromatic rings. The van der Waals surface area contributed by atoms with E-state index in [1.54, 1.807) is 0 Å². The first-order chi connectivity index (χ1) is 7.91. The Morgan fingerprint density at radius 2 is 1.19 bits per heavy atom. The topological polar surface area (TPSA) is 47.9 Å². The van der Waals surface area contributed by atoms with Crippen molar-refractivity contribution in [3.8, 4) is 0 Å². The summed E-state index contributed by atoms with van der Waals surface area (Å²) in [5.41, 5.74) is 0. The molecule has 0 spiro atoms. The molecular formula is C12H26O4. The van der Waals surface area contributed by atoms with Gasteiger partial charge in [0.15, 0.2) is 0 Å². The molecule has 98 valence electrons. The number of rotatable bonds is 13. The van der Waals surface area contributed by atoms with Gasteiger partial charge in [-0.1, -0.05) is 6.92 Å². The second kappa shape index (κ2) is 14.8. The second-order valence-corrected chi connectivity index (χ2v) is 3.83. The first-order valence-corrected chi connectivity index (χ1v) is 6.33. The SMILES string of the molecule is CCCOCCCCOCCCCCOO. The van der Waals surface area contributed by atoms with E-state index in [2.05, 4.69) is 11.8 Å². The van der Waals surface area contributed by atoms with Gasteiger partial charge < -0.3 is 9.47 Å². The first-order valence-electron chi connectivity index (χ1n) is 6.33. The lowest BCUT2D eigenvalue weighted by Crippen LogP contribution is -2.01. The van der Waals surface area contributed by atoms with E-state index in [9.17, 15) is 0 Å². The van der Waals surface area contributed by atoms with E-state index in [4.69, 9.17) is 14.7 Å². The average Bonchev–Trinajstić information content (AvgIpc) is 2.31. The van der Waals surface area contributed by atoms with Gasteiger partial charge in [0.2, 0.25) is 0 Å². The Balaban J connectivity index is 2.83. The van der Waals surface area contributed by atoms with E-state index in [-0.39, 0.29) is 0 Å². The molecule has 16 heavy (non-hydrogen) atoms. The van der Waals surface area contributed by atoms with Crippen LogP contribution in [0.2, 0.25) is 0 Å². The summed E-state index contributed by atoms with van der Waals surface area (Å²) in [7, 11) is 0. The highest BCUT2D eigenvalue weighted by molar-refractivity contribution is 4.42. The predicted octanol–water partition coefficient (Wildman–Crippen LogP) is 2.87. The van der Waals surface area contributed by atoms with Crippen molar-refractivity contribution in [2.75, 3.05) is 33.0 Å². The van der Waals surface area contributed by atoms with Crippen LogP contribution in [0.3, 0.4) is 0 Å². The minimum absolute atomic E-state index is 0.425. The highest BCUT2D eigenvalue weighted by Crippen LogP contribution is 1.98. The fraction of sp³-hybridized carbons (Fsp3) is 1.00. The van der Waals surface area contributed by atoms with Crippen LogP contribution in [0.4, 0.5) is 0 Å². The molecule has 0 bridgehead atoms. The van der Waals surface area contributed by atoms with Crippen molar-refractivity contribution in [1.29, 1.82) is 0 Å². The molecule has 0 saturated heterocycles. The van der Waals surface area contributed by atoms with Crippen molar-refractivity contribution in [2.24, 2.45) is 0 Å². The van der Waals surface area contributed by atoms with Crippen LogP contribution in [0.25, 0.3) is 0 Å². The van der Waals surface area contributed by atoms with Crippen LogP contribution < -0.4 is 0 Å². The molecule has 4 heteroatoms. The van der Waals surface area contributed by atoms with E-state index in [1.807, 2.05) is 0 Å². The maximum Gasteiger partial charge on any atom is 0.0819 e. The van der Waals surface area contributed by atoms with Crippen LogP contribution in [-0.4, -0.2) is 38.3 Å². The molecule has 4 nitrogen and oxygen atoms in total. The summed E-state index contributed by atoms with van der Waals surface area (Å²) in [5, 5.41) is 8.08. The van der Waals surface area contributed by atoms with Gasteiger partial charge in [0, 0.05) is 26.4 Å². The maximum atomic E-state index is 8.08. The van der Waals surface area contributed by atoms with Gasteiger partial charge in [0.1, 0.15) is 0 Å². The van der Waals surface area contributed by atoms with Gasteiger partial charge in [-0.05, 0) is 38.5 Å². The van der Waals surface area contributed by atoms with Gasteiger partial charge in [0.25, 0.3) is 0 Å². The molecule has 0 aliphatic heterocycles. The van der Waals surface area contributed by atoms with E-state index < -0.39 is 0 Å². The fourth-order valence-electron chi connectivity index (χ4n) is 1.30. The molecule has 0 radical (unpaired) electrons. The molecule has 0 aromatic carbocycles. The Labute approximate surface area is 98.8 Å². The van der Waals surface area contributed by atoms with Crippen LogP contribution in [0, 0.1) is 0 Å². The number of unbranched alkanes of at least 4 members (excludes halogenated alkanes) is 3. The zero-order valence-electron chi connectivity index (χ0n) is 10.5. The number of ether oxygens (including phenoxy) is 2. The first kappa shape index (κ1) is 15.8. The molecular weight excluding hydrogens is 208 g/mol. The lowest BCUT2D eigenvalue weighted by molar-refractivity contribution is -0.242. The third-order valence-corrected chi connectivity index (χ3v) is 2.20. The van der Waals surface area contributed by atoms with Crippen LogP contribution in [0.1, 0.15) is 45.4 Å². The molecule has 0 atom stereocenters. The summed E-state index contributed by atoms with van der Waals surface area (Å²) < 4.78 is 10.8. The molecule has 0 fully saturated rings. The summed E-state index contributed by atoms with van der Waals surface area (Å²) in [5.74, 6) is 0. The van der Waals surface area contributed by atoms with E-state index in [0.717, 1.165) is 65.0 Å². The van der Waals surface area contributed by atoms with Gasteiger partial charge in [-0.15, -0.1) is 0 Å². The summed E-state index contributed by atoms with van der Waals surface area (Å²) in [4.78, 5) is 3.98. The molecule has 0 heterocycles. The molecule has 0 aliphatic carbocycles. The van der Waals surface area contributed by atoms with E-state index in [1.165, 1.54) is 0 Å². The Bertz CT molecular complexity index is 106. The van der Waals surface area contributed by atoms with Gasteiger partial charge in [-0.25, -0.2) is 4.89 Å². The van der Waals surface area contributed by atoms with E-state index in [0.29, 0.717) is 6.61 Å². The van der Waals surface area contributed by atoms with Gasteiger partial charge >= 0.3 is 0 Å². The smallest absolute Gasteiger partial charge is 0.0819 e. The minimum Gasteiger partial charge on any atom is -0.381 e. The number of hydrogen-bond acceptors (Lipinski definition) is 4. The zero-order valence-corrected chi connectivity index (χ0v) is 10.5. The van der Waals surface area contributed by atoms with Crippen molar-refractivity contribution < 1.29 is 19.6 Å². The van der Waals surface area contributed by atoms with Gasteiger partial charge in [-0.3, -0.25) is 5.26 Å². The van der Waals surface area contributed by atoms with Crippen molar-refractivity contribution in [1.82, 2.24) is 0 Å². The highest BCUT2D eigenvalue weighted by atomic mass is 17.1. The van der Waals surface area contributed by atoms with Gasteiger partial charge in [-0.2, -0.15) is 0 Å². The van der Waals surface area contributed by atoms with Crippen molar-refractivity contribution in [3.63, 3.8) is 0 Å². The number of hydrogen-bond donors (Lipinski definition) is 1. The summed E-state index contributed by atoms with van der Waals surface area (Å²) in [6.45, 7) is 5.89. The molecule has 0 rings (SSSR count). The summed E-state index contributed by atoms with van der Waals surface area (Å²) in [6.07, 6.45) is 6.22. The van der Waals surface area contributed by atoms with Crippen LogP contribution >= 0.6 is 0 Å². The molecule has 0 unspecified atom stereocenters. The standard InChI is InChI=1S/C12H26O4/c1-2-8-14-10-6-7-11-15-9-4-3-5-12-16-13/h13H,2-12H2,1H3. The minimum atomic E-state index is 0.425. The Morgan fingerprint density at radius 3 is 1.75 bits per heavy atom. The Kier molecular flexibility index (Phi) is 14.7. The Morgan fingerprint density at radius 1 is 0.688 bits per heavy atom. The molecule has 0 aromatic heterocycles. The lowest BCUT2D eigenvalue weighted by atomic mass is 10.2.